The third kappa shape index (κ3) is 5.84. The third-order valence-corrected chi connectivity index (χ3v) is 3.10. The molecule has 98 valence electrons. The van der Waals surface area contributed by atoms with E-state index in [0.29, 0.717) is 25.6 Å². The lowest BCUT2D eigenvalue weighted by Crippen LogP contribution is -2.50. The van der Waals surface area contributed by atoms with Gasteiger partial charge < -0.3 is 15.4 Å². The Kier molecular flexibility index (Phi) is 6.89. The van der Waals surface area contributed by atoms with Crippen LogP contribution in [0.3, 0.4) is 0 Å². The lowest BCUT2D eigenvalue weighted by Gasteiger charge is -2.30. The van der Waals surface area contributed by atoms with Gasteiger partial charge in [0.15, 0.2) is 0 Å². The van der Waals surface area contributed by atoms with Gasteiger partial charge in [-0.25, -0.2) is 0 Å². The fourth-order valence-electron chi connectivity index (χ4n) is 1.96. The highest BCUT2D eigenvalue weighted by Gasteiger charge is 2.22. The maximum Gasteiger partial charge on any atom is 0.220 e. The van der Waals surface area contributed by atoms with E-state index >= 15 is 0 Å². The zero-order chi connectivity index (χ0) is 12.5. The molecule has 1 aliphatic rings. The molecule has 1 saturated heterocycles. The highest BCUT2D eigenvalue weighted by molar-refractivity contribution is 5.76. The fraction of sp³-hybridized carbons (Fsp3) is 0.769. The average Bonchev–Trinajstić information content (AvgIpc) is 2.32. The van der Waals surface area contributed by atoms with Crippen molar-refractivity contribution in [1.82, 2.24) is 10.6 Å². The Morgan fingerprint density at radius 1 is 1.65 bits per heavy atom. The highest BCUT2D eigenvalue weighted by Crippen LogP contribution is 2.11. The molecule has 2 atom stereocenters. The number of hydrogen-bond donors (Lipinski definition) is 2. The van der Waals surface area contributed by atoms with Gasteiger partial charge in [-0.15, -0.1) is 6.58 Å². The summed E-state index contributed by atoms with van der Waals surface area (Å²) in [5, 5.41) is 6.39. The molecule has 0 radical (unpaired) electrons. The molecular formula is C13H24N2O2. The second-order valence-corrected chi connectivity index (χ2v) is 4.61. The molecule has 0 aromatic carbocycles. The predicted molar refractivity (Wildman–Crippen MR) is 68.8 cm³/mol. The van der Waals surface area contributed by atoms with Gasteiger partial charge in [0.25, 0.3) is 0 Å². The third-order valence-electron chi connectivity index (χ3n) is 3.10. The van der Waals surface area contributed by atoms with Crippen molar-refractivity contribution in [3.8, 4) is 0 Å². The number of amides is 1. The number of rotatable bonds is 7. The molecule has 0 spiro atoms. The van der Waals surface area contributed by atoms with Gasteiger partial charge in [-0.1, -0.05) is 13.0 Å². The molecule has 0 aliphatic carbocycles. The molecular weight excluding hydrogens is 216 g/mol. The molecule has 1 aliphatic heterocycles. The first-order valence-electron chi connectivity index (χ1n) is 6.42. The van der Waals surface area contributed by atoms with E-state index in [2.05, 4.69) is 24.1 Å². The largest absolute Gasteiger partial charge is 0.377 e. The number of ether oxygens (including phenoxy) is 1. The Balaban J connectivity index is 2.09. The van der Waals surface area contributed by atoms with Gasteiger partial charge in [-0.05, 0) is 25.3 Å². The van der Waals surface area contributed by atoms with Gasteiger partial charge in [-0.2, -0.15) is 0 Å². The van der Waals surface area contributed by atoms with Crippen molar-refractivity contribution in [2.24, 2.45) is 5.92 Å². The second kappa shape index (κ2) is 8.25. The van der Waals surface area contributed by atoms with Crippen molar-refractivity contribution < 1.29 is 9.53 Å². The predicted octanol–water partition coefficient (Wildman–Crippen LogP) is 1.08. The fourth-order valence-corrected chi connectivity index (χ4v) is 1.96. The molecule has 2 N–H and O–H groups in total. The van der Waals surface area contributed by atoms with Crippen LogP contribution in [-0.2, 0) is 9.53 Å². The van der Waals surface area contributed by atoms with Crippen LogP contribution in [0.4, 0.5) is 0 Å². The quantitative estimate of drug-likeness (QED) is 0.517. The number of piperidine rings is 1. The summed E-state index contributed by atoms with van der Waals surface area (Å²) < 4.78 is 5.23. The summed E-state index contributed by atoms with van der Waals surface area (Å²) in [6.45, 7) is 8.89. The molecule has 1 fully saturated rings. The summed E-state index contributed by atoms with van der Waals surface area (Å²) in [5.41, 5.74) is 0. The van der Waals surface area contributed by atoms with Gasteiger partial charge in [0.05, 0.1) is 6.61 Å². The topological polar surface area (TPSA) is 50.4 Å². The number of hydrogen-bond acceptors (Lipinski definition) is 3. The lowest BCUT2D eigenvalue weighted by atomic mass is 9.95. The van der Waals surface area contributed by atoms with Crippen LogP contribution < -0.4 is 10.6 Å². The van der Waals surface area contributed by atoms with Crippen LogP contribution in [-0.4, -0.2) is 38.3 Å². The van der Waals surface area contributed by atoms with Crippen molar-refractivity contribution in [3.05, 3.63) is 12.7 Å². The first-order valence-corrected chi connectivity index (χ1v) is 6.42. The van der Waals surface area contributed by atoms with Gasteiger partial charge in [0.2, 0.25) is 5.91 Å². The van der Waals surface area contributed by atoms with Gasteiger partial charge in [0, 0.05) is 25.6 Å². The van der Waals surface area contributed by atoms with Crippen LogP contribution in [0.1, 0.15) is 26.2 Å². The maximum absolute atomic E-state index is 11.7. The molecule has 0 aromatic rings. The second-order valence-electron chi connectivity index (χ2n) is 4.61. The monoisotopic (exact) mass is 240 g/mol. The van der Waals surface area contributed by atoms with Crippen molar-refractivity contribution in [3.63, 3.8) is 0 Å². The van der Waals surface area contributed by atoms with Crippen LogP contribution in [0.2, 0.25) is 0 Å². The molecule has 0 aromatic heterocycles. The molecule has 2 unspecified atom stereocenters. The molecule has 0 bridgehead atoms. The van der Waals surface area contributed by atoms with Crippen LogP contribution in [0.5, 0.6) is 0 Å². The number of carbonyl (C=O) groups is 1. The first kappa shape index (κ1) is 14.2. The van der Waals surface area contributed by atoms with Gasteiger partial charge in [-0.3, -0.25) is 4.79 Å². The van der Waals surface area contributed by atoms with Gasteiger partial charge in [0.1, 0.15) is 0 Å². The van der Waals surface area contributed by atoms with E-state index in [1.54, 1.807) is 6.08 Å². The first-order chi connectivity index (χ1) is 8.24. The van der Waals surface area contributed by atoms with E-state index in [0.717, 1.165) is 25.9 Å². The summed E-state index contributed by atoms with van der Waals surface area (Å²) in [5.74, 6) is 0.699. The molecule has 1 amide bonds. The standard InChI is InChI=1S/C13H24N2O2/c1-3-8-17-9-4-5-13(16)15-12-10-14-7-6-11(12)2/h3,11-12,14H,1,4-10H2,2H3,(H,15,16). The van der Waals surface area contributed by atoms with Crippen LogP contribution in [0.15, 0.2) is 12.7 Å². The zero-order valence-corrected chi connectivity index (χ0v) is 10.7. The van der Waals surface area contributed by atoms with Gasteiger partial charge >= 0.3 is 0 Å². The lowest BCUT2D eigenvalue weighted by molar-refractivity contribution is -0.122. The van der Waals surface area contributed by atoms with Crippen molar-refractivity contribution >= 4 is 5.91 Å². The van der Waals surface area contributed by atoms with Crippen molar-refractivity contribution in [1.29, 1.82) is 0 Å². The average molecular weight is 240 g/mol. The summed E-state index contributed by atoms with van der Waals surface area (Å²) in [6, 6.07) is 0.283. The summed E-state index contributed by atoms with van der Waals surface area (Å²) in [6.07, 6.45) is 4.16. The minimum Gasteiger partial charge on any atom is -0.377 e. The summed E-state index contributed by atoms with van der Waals surface area (Å²) >= 11 is 0. The van der Waals surface area contributed by atoms with Crippen LogP contribution >= 0.6 is 0 Å². The Morgan fingerprint density at radius 2 is 2.47 bits per heavy atom. The normalized spacial score (nSPS) is 24.3. The van der Waals surface area contributed by atoms with Crippen LogP contribution in [0.25, 0.3) is 0 Å². The molecule has 4 nitrogen and oxygen atoms in total. The van der Waals surface area contributed by atoms with Crippen molar-refractivity contribution in [2.75, 3.05) is 26.3 Å². The van der Waals surface area contributed by atoms with E-state index in [4.69, 9.17) is 4.74 Å². The molecule has 1 rings (SSSR count). The van der Waals surface area contributed by atoms with E-state index in [1.165, 1.54) is 0 Å². The molecule has 0 saturated carbocycles. The number of carbonyl (C=O) groups excluding carboxylic acids is 1. The van der Waals surface area contributed by atoms with Crippen molar-refractivity contribution in [2.45, 2.75) is 32.2 Å². The van der Waals surface area contributed by atoms with Crippen LogP contribution in [0, 0.1) is 5.92 Å². The van der Waals surface area contributed by atoms with E-state index < -0.39 is 0 Å². The summed E-state index contributed by atoms with van der Waals surface area (Å²) in [4.78, 5) is 11.7. The van der Waals surface area contributed by atoms with E-state index in [-0.39, 0.29) is 11.9 Å². The zero-order valence-electron chi connectivity index (χ0n) is 10.7. The maximum atomic E-state index is 11.7. The smallest absolute Gasteiger partial charge is 0.220 e. The Bertz CT molecular complexity index is 244. The highest BCUT2D eigenvalue weighted by atomic mass is 16.5. The Hall–Kier alpha value is -0.870. The molecule has 4 heteroatoms. The summed E-state index contributed by atoms with van der Waals surface area (Å²) in [7, 11) is 0. The minimum atomic E-state index is 0.132. The molecule has 1 heterocycles. The minimum absolute atomic E-state index is 0.132. The number of nitrogens with one attached hydrogen (secondary N) is 2. The van der Waals surface area contributed by atoms with E-state index in [9.17, 15) is 4.79 Å². The Morgan fingerprint density at radius 3 is 3.18 bits per heavy atom. The molecule has 17 heavy (non-hydrogen) atoms. The van der Waals surface area contributed by atoms with E-state index in [1.807, 2.05) is 0 Å². The SMILES string of the molecule is C=CCOCCCC(=O)NC1CNCCC1C. The Labute approximate surface area is 104 Å².